The lowest BCUT2D eigenvalue weighted by molar-refractivity contribution is -0.117. The Labute approximate surface area is 230 Å². The average Bonchev–Trinajstić information content (AvgIpc) is 3.13. The zero-order valence-corrected chi connectivity index (χ0v) is 23.6. The zero-order valence-electron chi connectivity index (χ0n) is 22.8. The third kappa shape index (κ3) is 5.76. The van der Waals surface area contributed by atoms with Crippen molar-refractivity contribution < 1.29 is 22.7 Å². The molecular formula is C31H34N2O5S. The van der Waals surface area contributed by atoms with Crippen molar-refractivity contribution in [3.8, 4) is 0 Å². The molecule has 0 atom stereocenters. The minimum absolute atomic E-state index is 0.0163. The Morgan fingerprint density at radius 1 is 0.974 bits per heavy atom. The molecule has 39 heavy (non-hydrogen) atoms. The molecule has 0 aliphatic carbocycles. The summed E-state index contributed by atoms with van der Waals surface area (Å²) in [6, 6.07) is 22.6. The molecule has 1 heterocycles. The molecule has 4 rings (SSSR count). The third-order valence-electron chi connectivity index (χ3n) is 7.00. The minimum atomic E-state index is -3.93. The fourth-order valence-corrected chi connectivity index (χ4v) is 6.42. The number of rotatable bonds is 10. The van der Waals surface area contributed by atoms with Gasteiger partial charge in [0.15, 0.2) is 12.4 Å². The van der Waals surface area contributed by atoms with Gasteiger partial charge in [0.1, 0.15) is 0 Å². The lowest BCUT2D eigenvalue weighted by atomic mass is 9.83. The van der Waals surface area contributed by atoms with Crippen LogP contribution in [-0.2, 0) is 25.0 Å². The number of ether oxygens (including phenoxy) is 1. The van der Waals surface area contributed by atoms with Crippen LogP contribution < -0.4 is 9.21 Å². The molecule has 7 nitrogen and oxygen atoms in total. The van der Waals surface area contributed by atoms with E-state index in [0.717, 1.165) is 23.4 Å². The molecular weight excluding hydrogens is 512 g/mol. The number of likely N-dealkylation sites (N-methyl/N-ethyl adjacent to an activating group) is 1. The molecule has 8 heteroatoms. The van der Waals surface area contributed by atoms with Crippen LogP contribution in [0.15, 0.2) is 95.5 Å². The summed E-state index contributed by atoms with van der Waals surface area (Å²) in [5, 5.41) is 0. The topological polar surface area (TPSA) is 84.0 Å². The average molecular weight is 547 g/mol. The number of hydrogen-bond acceptors (Lipinski definition) is 6. The van der Waals surface area contributed by atoms with Gasteiger partial charge in [-0.25, -0.2) is 13.2 Å². The number of nitrogens with zero attached hydrogens (tertiary/aromatic N) is 2. The van der Waals surface area contributed by atoms with E-state index >= 15 is 0 Å². The predicted molar refractivity (Wildman–Crippen MR) is 154 cm³/mol. The van der Waals surface area contributed by atoms with Crippen LogP contribution in [0.3, 0.4) is 0 Å². The van der Waals surface area contributed by atoms with Gasteiger partial charge in [0.05, 0.1) is 16.1 Å². The maximum atomic E-state index is 13.6. The number of benzene rings is 3. The fourth-order valence-electron chi connectivity index (χ4n) is 4.87. The first kappa shape index (κ1) is 28.1. The number of esters is 1. The molecule has 0 N–H and O–H groups in total. The van der Waals surface area contributed by atoms with E-state index in [1.807, 2.05) is 63.1 Å². The summed E-state index contributed by atoms with van der Waals surface area (Å²) in [7, 11) is -2.02. The summed E-state index contributed by atoms with van der Waals surface area (Å²) in [6.45, 7) is 5.95. The van der Waals surface area contributed by atoms with Crippen LogP contribution in [0.25, 0.3) is 0 Å². The Balaban J connectivity index is 1.49. The van der Waals surface area contributed by atoms with Gasteiger partial charge in [0, 0.05) is 36.5 Å². The van der Waals surface area contributed by atoms with Gasteiger partial charge in [-0.2, -0.15) is 0 Å². The summed E-state index contributed by atoms with van der Waals surface area (Å²) < 4.78 is 33.8. The van der Waals surface area contributed by atoms with Crippen molar-refractivity contribution in [2.45, 2.75) is 43.9 Å². The minimum Gasteiger partial charge on any atom is -0.454 e. The quantitative estimate of drug-likeness (QED) is 0.239. The second-order valence-electron chi connectivity index (χ2n) is 10.1. The Hall–Kier alpha value is -3.91. The summed E-state index contributed by atoms with van der Waals surface area (Å²) in [5.74, 6) is -1.12. The SMILES string of the molecule is CCCCN(c1ccccc1)S(=O)(=O)c1cccc(C(=O)OCC(=O)C=C2N(C)c3ccccc3C2(C)C)c1. The number of carbonyl (C=O) groups excluding carboxylic acids is 2. The Bertz CT molecular complexity index is 1500. The summed E-state index contributed by atoms with van der Waals surface area (Å²) in [6.07, 6.45) is 3.03. The normalized spacial score (nSPS) is 15.2. The molecule has 3 aromatic carbocycles. The van der Waals surface area contributed by atoms with E-state index in [1.165, 1.54) is 34.6 Å². The van der Waals surface area contributed by atoms with Crippen LogP contribution in [-0.4, -0.2) is 40.4 Å². The molecule has 1 aliphatic rings. The molecule has 0 saturated heterocycles. The largest absolute Gasteiger partial charge is 0.454 e. The number of para-hydroxylation sites is 2. The number of unbranched alkanes of at least 4 members (excludes halogenated alkanes) is 1. The molecule has 0 amide bonds. The molecule has 0 saturated carbocycles. The third-order valence-corrected chi connectivity index (χ3v) is 8.82. The number of fused-ring (bicyclic) bond motifs is 1. The van der Waals surface area contributed by atoms with Crippen LogP contribution in [0.4, 0.5) is 11.4 Å². The van der Waals surface area contributed by atoms with E-state index in [9.17, 15) is 18.0 Å². The van der Waals surface area contributed by atoms with E-state index in [-0.39, 0.29) is 21.7 Å². The maximum absolute atomic E-state index is 13.6. The van der Waals surface area contributed by atoms with Crippen molar-refractivity contribution in [1.29, 1.82) is 0 Å². The van der Waals surface area contributed by atoms with Gasteiger partial charge in [-0.05, 0) is 48.4 Å². The predicted octanol–water partition coefficient (Wildman–Crippen LogP) is 5.72. The second-order valence-corrected chi connectivity index (χ2v) is 11.9. The number of carbonyl (C=O) groups is 2. The number of sulfonamides is 1. The Morgan fingerprint density at radius 2 is 1.67 bits per heavy atom. The smallest absolute Gasteiger partial charge is 0.338 e. The molecule has 0 radical (unpaired) electrons. The lowest BCUT2D eigenvalue weighted by Crippen LogP contribution is -2.32. The molecule has 0 fully saturated rings. The Kier molecular flexibility index (Phi) is 8.25. The molecule has 0 unspecified atom stereocenters. The van der Waals surface area contributed by atoms with E-state index in [2.05, 4.69) is 0 Å². The van der Waals surface area contributed by atoms with Crippen molar-refractivity contribution in [2.75, 3.05) is 29.4 Å². The van der Waals surface area contributed by atoms with Crippen LogP contribution >= 0.6 is 0 Å². The van der Waals surface area contributed by atoms with Crippen LogP contribution in [0.1, 0.15) is 49.5 Å². The highest BCUT2D eigenvalue weighted by Gasteiger charge is 2.38. The van der Waals surface area contributed by atoms with Crippen molar-refractivity contribution in [3.63, 3.8) is 0 Å². The number of allylic oxidation sites excluding steroid dienone is 1. The molecule has 1 aliphatic heterocycles. The summed E-state index contributed by atoms with van der Waals surface area (Å²) in [5.41, 5.74) is 3.19. The van der Waals surface area contributed by atoms with Gasteiger partial charge in [-0.3, -0.25) is 9.10 Å². The van der Waals surface area contributed by atoms with Crippen molar-refractivity contribution in [1.82, 2.24) is 0 Å². The van der Waals surface area contributed by atoms with Gasteiger partial charge in [0.25, 0.3) is 10.0 Å². The van der Waals surface area contributed by atoms with Crippen LogP contribution in [0.5, 0.6) is 0 Å². The van der Waals surface area contributed by atoms with E-state index < -0.39 is 22.6 Å². The van der Waals surface area contributed by atoms with E-state index in [4.69, 9.17) is 4.74 Å². The lowest BCUT2D eigenvalue weighted by Gasteiger charge is -2.24. The highest BCUT2D eigenvalue weighted by Crippen LogP contribution is 2.46. The first-order chi connectivity index (χ1) is 18.6. The number of anilines is 2. The van der Waals surface area contributed by atoms with Crippen molar-refractivity contribution >= 4 is 33.2 Å². The molecule has 0 spiro atoms. The van der Waals surface area contributed by atoms with E-state index in [0.29, 0.717) is 18.7 Å². The first-order valence-electron chi connectivity index (χ1n) is 13.0. The number of hydrogen-bond donors (Lipinski definition) is 0. The van der Waals surface area contributed by atoms with E-state index in [1.54, 1.807) is 24.3 Å². The number of ketones is 1. The molecule has 3 aromatic rings. The van der Waals surface area contributed by atoms with Gasteiger partial charge in [-0.1, -0.05) is 69.7 Å². The van der Waals surface area contributed by atoms with Gasteiger partial charge in [0.2, 0.25) is 0 Å². The monoisotopic (exact) mass is 546 g/mol. The molecule has 204 valence electrons. The standard InChI is InChI=1S/C31H34N2O5S/c1-5-6-19-33(24-14-8-7-9-15-24)39(36,37)26-16-12-13-23(20-26)30(35)38-22-25(34)21-29-31(2,3)27-17-10-11-18-28(27)32(29)4/h7-18,20-21H,5-6,19,22H2,1-4H3. The maximum Gasteiger partial charge on any atom is 0.338 e. The van der Waals surface area contributed by atoms with Crippen molar-refractivity contribution in [3.05, 3.63) is 102 Å². The first-order valence-corrected chi connectivity index (χ1v) is 14.4. The molecule has 0 bridgehead atoms. The Morgan fingerprint density at radius 3 is 2.36 bits per heavy atom. The highest BCUT2D eigenvalue weighted by molar-refractivity contribution is 7.92. The van der Waals surface area contributed by atoms with Gasteiger partial charge >= 0.3 is 5.97 Å². The van der Waals surface area contributed by atoms with Crippen molar-refractivity contribution in [2.24, 2.45) is 0 Å². The summed E-state index contributed by atoms with van der Waals surface area (Å²) in [4.78, 5) is 27.6. The van der Waals surface area contributed by atoms with Gasteiger partial charge < -0.3 is 9.64 Å². The van der Waals surface area contributed by atoms with Crippen LogP contribution in [0.2, 0.25) is 0 Å². The fraction of sp³-hybridized carbons (Fsp3) is 0.290. The highest BCUT2D eigenvalue weighted by atomic mass is 32.2. The summed E-state index contributed by atoms with van der Waals surface area (Å²) >= 11 is 0. The second kappa shape index (κ2) is 11.5. The van der Waals surface area contributed by atoms with Gasteiger partial charge in [-0.15, -0.1) is 0 Å². The zero-order chi connectivity index (χ0) is 28.2. The van der Waals surface area contributed by atoms with Crippen LogP contribution in [0, 0.1) is 0 Å². The molecule has 0 aromatic heterocycles.